The van der Waals surface area contributed by atoms with E-state index in [0.29, 0.717) is 23.4 Å². The van der Waals surface area contributed by atoms with Crippen molar-refractivity contribution in [2.75, 3.05) is 17.2 Å². The largest absolute Gasteiger partial charge is 0.375 e. The van der Waals surface area contributed by atoms with E-state index in [1.807, 2.05) is 0 Å². The maximum absolute atomic E-state index is 14.1. The highest BCUT2D eigenvalue weighted by molar-refractivity contribution is 6.04. The summed E-state index contributed by atoms with van der Waals surface area (Å²) in [5.41, 5.74) is -0.170. The summed E-state index contributed by atoms with van der Waals surface area (Å²) in [4.78, 5) is 19.8. The third-order valence-corrected chi connectivity index (χ3v) is 3.97. The fourth-order valence-corrected chi connectivity index (χ4v) is 2.69. The van der Waals surface area contributed by atoms with Gasteiger partial charge in [0.25, 0.3) is 5.91 Å². The molecule has 0 saturated heterocycles. The molecular formula is C16H17FN4O2. The summed E-state index contributed by atoms with van der Waals surface area (Å²) in [5, 5.41) is 16.2. The molecule has 1 aliphatic heterocycles. The van der Waals surface area contributed by atoms with E-state index in [1.54, 1.807) is 31.2 Å². The zero-order valence-electron chi connectivity index (χ0n) is 12.6. The Hall–Kier alpha value is -2.54. The first kappa shape index (κ1) is 15.4. The van der Waals surface area contributed by atoms with E-state index in [1.165, 1.54) is 6.33 Å². The van der Waals surface area contributed by atoms with Gasteiger partial charge in [0.1, 0.15) is 6.33 Å². The molecule has 0 saturated carbocycles. The number of aliphatic hydroxyl groups is 1. The number of carbonyl (C=O) groups is 1. The molecule has 6 nitrogen and oxygen atoms in total. The van der Waals surface area contributed by atoms with Crippen LogP contribution in [0.2, 0.25) is 0 Å². The van der Waals surface area contributed by atoms with Gasteiger partial charge in [0.05, 0.1) is 5.69 Å². The zero-order valence-corrected chi connectivity index (χ0v) is 12.6. The first-order chi connectivity index (χ1) is 11.1. The molecule has 120 valence electrons. The predicted octanol–water partition coefficient (Wildman–Crippen LogP) is 1.82. The number of para-hydroxylation sites is 1. The van der Waals surface area contributed by atoms with Crippen LogP contribution in [0, 0.1) is 5.82 Å². The van der Waals surface area contributed by atoms with Gasteiger partial charge in [0, 0.05) is 24.2 Å². The van der Waals surface area contributed by atoms with Crippen molar-refractivity contribution >= 4 is 17.4 Å². The number of aromatic nitrogens is 2. The number of carbonyl (C=O) groups excluding carboxylic acids is 1. The number of aryl methyl sites for hydroxylation is 1. The van der Waals surface area contributed by atoms with Crippen LogP contribution >= 0.6 is 0 Å². The molecule has 1 aromatic heterocycles. The molecule has 0 radical (unpaired) electrons. The van der Waals surface area contributed by atoms with Gasteiger partial charge in [-0.05, 0) is 12.5 Å². The highest BCUT2D eigenvalue weighted by atomic mass is 19.1. The molecule has 2 heterocycles. The van der Waals surface area contributed by atoms with Gasteiger partial charge in [0.2, 0.25) is 0 Å². The third-order valence-electron chi connectivity index (χ3n) is 3.97. The lowest BCUT2D eigenvalue weighted by molar-refractivity contribution is -0.134. The molecule has 0 aliphatic carbocycles. The second-order valence-corrected chi connectivity index (χ2v) is 5.37. The van der Waals surface area contributed by atoms with Crippen LogP contribution in [0.15, 0.2) is 30.6 Å². The first-order valence-electron chi connectivity index (χ1n) is 7.43. The smallest absolute Gasteiger partial charge is 0.261 e. The highest BCUT2D eigenvalue weighted by Gasteiger charge is 2.44. The normalized spacial score (nSPS) is 19.3. The number of nitrogens with zero attached hydrogens (tertiary/aromatic N) is 2. The van der Waals surface area contributed by atoms with Crippen LogP contribution in [0.25, 0.3) is 0 Å². The molecule has 23 heavy (non-hydrogen) atoms. The van der Waals surface area contributed by atoms with E-state index in [9.17, 15) is 14.3 Å². The standard InChI is InChI=1S/C16H17FN4O2/c1-2-11-13(17)14(20-9-19-11)18-8-7-16(23)10-5-3-4-6-12(10)21-15(16)22/h3-6,9,23H,2,7-8H2,1H3,(H,21,22)(H,18,19,20). The van der Waals surface area contributed by atoms with Crippen LogP contribution in [0.4, 0.5) is 15.9 Å². The fraction of sp³-hybridized carbons (Fsp3) is 0.312. The zero-order chi connectivity index (χ0) is 16.4. The van der Waals surface area contributed by atoms with Gasteiger partial charge in [-0.1, -0.05) is 25.1 Å². The Morgan fingerprint density at radius 2 is 2.13 bits per heavy atom. The average molecular weight is 316 g/mol. The van der Waals surface area contributed by atoms with Gasteiger partial charge in [0.15, 0.2) is 17.2 Å². The van der Waals surface area contributed by atoms with Crippen molar-refractivity contribution in [2.45, 2.75) is 25.4 Å². The number of rotatable bonds is 5. The topological polar surface area (TPSA) is 87.1 Å². The Labute approximate surface area is 132 Å². The first-order valence-corrected chi connectivity index (χ1v) is 7.43. The SMILES string of the molecule is CCc1ncnc(NCCC2(O)C(=O)Nc3ccccc32)c1F. The van der Waals surface area contributed by atoms with E-state index >= 15 is 0 Å². The Morgan fingerprint density at radius 1 is 1.35 bits per heavy atom. The highest BCUT2D eigenvalue weighted by Crippen LogP contribution is 2.37. The Bertz CT molecular complexity index is 753. The number of hydrogen-bond donors (Lipinski definition) is 3. The minimum absolute atomic E-state index is 0.0761. The number of anilines is 2. The lowest BCUT2D eigenvalue weighted by Crippen LogP contribution is -2.36. The molecule has 1 aliphatic rings. The Kier molecular flexibility index (Phi) is 3.96. The minimum atomic E-state index is -1.62. The lowest BCUT2D eigenvalue weighted by atomic mass is 9.92. The monoisotopic (exact) mass is 316 g/mol. The Morgan fingerprint density at radius 3 is 2.91 bits per heavy atom. The van der Waals surface area contributed by atoms with Crippen LogP contribution in [0.5, 0.6) is 0 Å². The van der Waals surface area contributed by atoms with Crippen molar-refractivity contribution in [3.63, 3.8) is 0 Å². The second-order valence-electron chi connectivity index (χ2n) is 5.37. The van der Waals surface area contributed by atoms with Gasteiger partial charge < -0.3 is 15.7 Å². The van der Waals surface area contributed by atoms with Gasteiger partial charge in [-0.15, -0.1) is 0 Å². The van der Waals surface area contributed by atoms with Crippen LogP contribution in [-0.2, 0) is 16.8 Å². The molecule has 0 bridgehead atoms. The summed E-state index contributed by atoms with van der Waals surface area (Å²) in [6.07, 6.45) is 1.85. The Balaban J connectivity index is 1.73. The molecule has 2 aromatic rings. The van der Waals surface area contributed by atoms with Crippen molar-refractivity contribution < 1.29 is 14.3 Å². The maximum Gasteiger partial charge on any atom is 0.261 e. The van der Waals surface area contributed by atoms with Crippen molar-refractivity contribution in [2.24, 2.45) is 0 Å². The number of benzene rings is 1. The van der Waals surface area contributed by atoms with Gasteiger partial charge in [-0.3, -0.25) is 4.79 Å². The van der Waals surface area contributed by atoms with Crippen LogP contribution in [0.3, 0.4) is 0 Å². The number of nitrogens with one attached hydrogen (secondary N) is 2. The van der Waals surface area contributed by atoms with Crippen molar-refractivity contribution in [3.8, 4) is 0 Å². The van der Waals surface area contributed by atoms with E-state index in [-0.39, 0.29) is 18.8 Å². The molecule has 3 rings (SSSR count). The summed E-state index contributed by atoms with van der Waals surface area (Å²) >= 11 is 0. The van der Waals surface area contributed by atoms with Crippen molar-refractivity contribution in [1.82, 2.24) is 9.97 Å². The molecule has 1 aromatic carbocycles. The fourth-order valence-electron chi connectivity index (χ4n) is 2.69. The van der Waals surface area contributed by atoms with E-state index in [4.69, 9.17) is 0 Å². The minimum Gasteiger partial charge on any atom is -0.375 e. The number of halogens is 1. The van der Waals surface area contributed by atoms with Crippen LogP contribution in [-0.4, -0.2) is 27.5 Å². The van der Waals surface area contributed by atoms with E-state index < -0.39 is 17.3 Å². The van der Waals surface area contributed by atoms with Crippen molar-refractivity contribution in [3.05, 3.63) is 47.7 Å². The summed E-state index contributed by atoms with van der Waals surface area (Å²) in [7, 11) is 0. The predicted molar refractivity (Wildman–Crippen MR) is 83.4 cm³/mol. The third kappa shape index (κ3) is 2.63. The van der Waals surface area contributed by atoms with E-state index in [0.717, 1.165) is 0 Å². The summed E-state index contributed by atoms with van der Waals surface area (Å²) in [5.74, 6) is -0.900. The molecule has 0 fully saturated rings. The number of fused-ring (bicyclic) bond motifs is 1. The quantitative estimate of drug-likeness (QED) is 0.783. The maximum atomic E-state index is 14.1. The van der Waals surface area contributed by atoms with Crippen LogP contribution in [0.1, 0.15) is 24.6 Å². The number of amides is 1. The molecule has 1 unspecified atom stereocenters. The van der Waals surface area contributed by atoms with Crippen LogP contribution < -0.4 is 10.6 Å². The average Bonchev–Trinajstić information content (AvgIpc) is 2.81. The van der Waals surface area contributed by atoms with Gasteiger partial charge in [-0.25, -0.2) is 14.4 Å². The number of hydrogen-bond acceptors (Lipinski definition) is 5. The van der Waals surface area contributed by atoms with Gasteiger partial charge in [-0.2, -0.15) is 0 Å². The second kappa shape index (κ2) is 5.92. The molecule has 7 heteroatoms. The lowest BCUT2D eigenvalue weighted by Gasteiger charge is -2.21. The summed E-state index contributed by atoms with van der Waals surface area (Å²) < 4.78 is 14.1. The molecular weight excluding hydrogens is 299 g/mol. The molecule has 0 spiro atoms. The summed E-state index contributed by atoms with van der Waals surface area (Å²) in [6, 6.07) is 6.98. The summed E-state index contributed by atoms with van der Waals surface area (Å²) in [6.45, 7) is 1.99. The molecule has 1 atom stereocenters. The van der Waals surface area contributed by atoms with E-state index in [2.05, 4.69) is 20.6 Å². The van der Waals surface area contributed by atoms with Crippen molar-refractivity contribution in [1.29, 1.82) is 0 Å². The molecule has 3 N–H and O–H groups in total. The van der Waals surface area contributed by atoms with Gasteiger partial charge >= 0.3 is 0 Å². The molecule has 1 amide bonds.